The topological polar surface area (TPSA) is 55.1 Å². The standard InChI is InChI=1S/C15H22N2OS/c1-19-15(9-3-2-4-10-15)11-17-14(18)12-5-7-13(16)8-6-12/h5-8H,2-4,9-11,16H2,1H3,(H,17,18). The third-order valence-electron chi connectivity index (χ3n) is 3.94. The zero-order valence-electron chi connectivity index (χ0n) is 11.4. The molecule has 4 heteroatoms. The first kappa shape index (κ1) is 14.3. The number of carbonyl (C=O) groups is 1. The van der Waals surface area contributed by atoms with Gasteiger partial charge in [0.2, 0.25) is 0 Å². The molecule has 1 aliphatic carbocycles. The molecule has 0 heterocycles. The number of nitrogen functional groups attached to an aromatic ring is 1. The highest BCUT2D eigenvalue weighted by Crippen LogP contribution is 2.37. The number of anilines is 1. The van der Waals surface area contributed by atoms with Crippen LogP contribution in [0, 0.1) is 0 Å². The van der Waals surface area contributed by atoms with Gasteiger partial charge in [-0.05, 0) is 43.4 Å². The lowest BCUT2D eigenvalue weighted by molar-refractivity contribution is 0.0947. The molecule has 0 bridgehead atoms. The highest BCUT2D eigenvalue weighted by molar-refractivity contribution is 8.00. The molecule has 3 nitrogen and oxygen atoms in total. The average Bonchev–Trinajstić information content (AvgIpc) is 2.46. The molecule has 0 radical (unpaired) electrons. The Morgan fingerprint density at radius 3 is 2.47 bits per heavy atom. The van der Waals surface area contributed by atoms with Crippen LogP contribution >= 0.6 is 11.8 Å². The summed E-state index contributed by atoms with van der Waals surface area (Å²) in [4.78, 5) is 12.1. The van der Waals surface area contributed by atoms with E-state index < -0.39 is 0 Å². The van der Waals surface area contributed by atoms with E-state index in [0.29, 0.717) is 11.3 Å². The van der Waals surface area contributed by atoms with Crippen molar-refractivity contribution < 1.29 is 4.79 Å². The number of benzene rings is 1. The van der Waals surface area contributed by atoms with Crippen molar-refractivity contribution in [2.45, 2.75) is 36.9 Å². The molecule has 104 valence electrons. The van der Waals surface area contributed by atoms with Gasteiger partial charge in [-0.3, -0.25) is 4.79 Å². The van der Waals surface area contributed by atoms with Gasteiger partial charge >= 0.3 is 0 Å². The van der Waals surface area contributed by atoms with E-state index in [4.69, 9.17) is 5.73 Å². The Balaban J connectivity index is 1.93. The summed E-state index contributed by atoms with van der Waals surface area (Å²) in [7, 11) is 0. The molecule has 3 N–H and O–H groups in total. The fourth-order valence-corrected chi connectivity index (χ4v) is 3.54. The number of carbonyl (C=O) groups excluding carboxylic acids is 1. The van der Waals surface area contributed by atoms with Gasteiger partial charge in [0, 0.05) is 22.5 Å². The van der Waals surface area contributed by atoms with Gasteiger partial charge in [-0.1, -0.05) is 19.3 Å². The molecular formula is C15H22N2OS. The molecule has 2 rings (SSSR count). The van der Waals surface area contributed by atoms with Crippen molar-refractivity contribution >= 4 is 23.4 Å². The number of rotatable bonds is 4. The van der Waals surface area contributed by atoms with Crippen LogP contribution in [0.3, 0.4) is 0 Å². The van der Waals surface area contributed by atoms with Crippen molar-refractivity contribution in [2.24, 2.45) is 0 Å². The van der Waals surface area contributed by atoms with Gasteiger partial charge in [-0.2, -0.15) is 11.8 Å². The number of nitrogens with one attached hydrogen (secondary N) is 1. The Bertz CT molecular complexity index is 424. The fourth-order valence-electron chi connectivity index (χ4n) is 2.63. The average molecular weight is 278 g/mol. The van der Waals surface area contributed by atoms with E-state index in [0.717, 1.165) is 6.54 Å². The van der Waals surface area contributed by atoms with E-state index in [1.54, 1.807) is 24.3 Å². The minimum absolute atomic E-state index is 0.000927. The summed E-state index contributed by atoms with van der Waals surface area (Å²) < 4.78 is 0.238. The van der Waals surface area contributed by atoms with Crippen LogP contribution in [-0.2, 0) is 0 Å². The minimum Gasteiger partial charge on any atom is -0.399 e. The van der Waals surface area contributed by atoms with Gasteiger partial charge in [0.15, 0.2) is 0 Å². The normalized spacial score (nSPS) is 17.9. The molecular weight excluding hydrogens is 256 g/mol. The maximum absolute atomic E-state index is 12.1. The molecule has 1 saturated carbocycles. The van der Waals surface area contributed by atoms with E-state index in [1.165, 1.54) is 32.1 Å². The second-order valence-corrected chi connectivity index (χ2v) is 6.53. The maximum Gasteiger partial charge on any atom is 0.251 e. The van der Waals surface area contributed by atoms with Crippen LogP contribution < -0.4 is 11.1 Å². The van der Waals surface area contributed by atoms with Crippen molar-refractivity contribution in [3.05, 3.63) is 29.8 Å². The van der Waals surface area contributed by atoms with Gasteiger partial charge in [0.25, 0.3) is 5.91 Å². The Kier molecular flexibility index (Phi) is 4.75. The molecule has 0 unspecified atom stereocenters. The third-order valence-corrected chi connectivity index (χ3v) is 5.36. The second kappa shape index (κ2) is 6.33. The van der Waals surface area contributed by atoms with E-state index in [1.807, 2.05) is 11.8 Å². The number of amides is 1. The minimum atomic E-state index is -0.000927. The molecule has 1 aromatic rings. The smallest absolute Gasteiger partial charge is 0.251 e. The Labute approximate surface area is 119 Å². The van der Waals surface area contributed by atoms with Crippen LogP contribution in [0.1, 0.15) is 42.5 Å². The van der Waals surface area contributed by atoms with Crippen LogP contribution in [-0.4, -0.2) is 23.5 Å². The van der Waals surface area contributed by atoms with Crippen LogP contribution in [0.5, 0.6) is 0 Å². The van der Waals surface area contributed by atoms with Crippen LogP contribution in [0.25, 0.3) is 0 Å². The summed E-state index contributed by atoms with van der Waals surface area (Å²) in [5, 5.41) is 3.08. The van der Waals surface area contributed by atoms with Crippen LogP contribution in [0.2, 0.25) is 0 Å². The summed E-state index contributed by atoms with van der Waals surface area (Å²) in [6.07, 6.45) is 8.44. The first-order chi connectivity index (χ1) is 9.15. The van der Waals surface area contributed by atoms with Crippen LogP contribution in [0.15, 0.2) is 24.3 Å². The Morgan fingerprint density at radius 1 is 1.26 bits per heavy atom. The van der Waals surface area contributed by atoms with E-state index in [2.05, 4.69) is 11.6 Å². The molecule has 0 aliphatic heterocycles. The SMILES string of the molecule is CSC1(CNC(=O)c2ccc(N)cc2)CCCCC1. The van der Waals surface area contributed by atoms with Crippen molar-refractivity contribution in [1.82, 2.24) is 5.32 Å². The van der Waals surface area contributed by atoms with Gasteiger partial charge in [0.05, 0.1) is 0 Å². The first-order valence-corrected chi connectivity index (χ1v) is 8.07. The zero-order chi connectivity index (χ0) is 13.7. The monoisotopic (exact) mass is 278 g/mol. The van der Waals surface area contributed by atoms with E-state index >= 15 is 0 Å². The van der Waals surface area contributed by atoms with Gasteiger partial charge < -0.3 is 11.1 Å². The van der Waals surface area contributed by atoms with Gasteiger partial charge in [0.1, 0.15) is 0 Å². The molecule has 1 amide bonds. The largest absolute Gasteiger partial charge is 0.399 e. The Morgan fingerprint density at radius 2 is 1.89 bits per heavy atom. The van der Waals surface area contributed by atoms with E-state index in [9.17, 15) is 4.79 Å². The lowest BCUT2D eigenvalue weighted by Gasteiger charge is -2.35. The lowest BCUT2D eigenvalue weighted by atomic mass is 9.88. The van der Waals surface area contributed by atoms with Crippen molar-refractivity contribution in [2.75, 3.05) is 18.5 Å². The molecule has 19 heavy (non-hydrogen) atoms. The quantitative estimate of drug-likeness (QED) is 0.832. The first-order valence-electron chi connectivity index (χ1n) is 6.84. The third kappa shape index (κ3) is 3.66. The number of thioether (sulfide) groups is 1. The zero-order valence-corrected chi connectivity index (χ0v) is 12.3. The van der Waals surface area contributed by atoms with Crippen molar-refractivity contribution in [1.29, 1.82) is 0 Å². The molecule has 1 aliphatic rings. The van der Waals surface area contributed by atoms with Crippen LogP contribution in [0.4, 0.5) is 5.69 Å². The molecule has 1 aromatic carbocycles. The molecule has 0 saturated heterocycles. The molecule has 0 aromatic heterocycles. The highest BCUT2D eigenvalue weighted by Gasteiger charge is 2.31. The second-order valence-electron chi connectivity index (χ2n) is 5.25. The Hall–Kier alpha value is -1.16. The summed E-state index contributed by atoms with van der Waals surface area (Å²) in [5.41, 5.74) is 6.99. The highest BCUT2D eigenvalue weighted by atomic mass is 32.2. The predicted octanol–water partition coefficient (Wildman–Crippen LogP) is 3.06. The molecule has 1 fully saturated rings. The number of nitrogens with two attached hydrogens (primary N) is 1. The van der Waals surface area contributed by atoms with Gasteiger partial charge in [-0.15, -0.1) is 0 Å². The maximum atomic E-state index is 12.1. The van der Waals surface area contributed by atoms with Gasteiger partial charge in [-0.25, -0.2) is 0 Å². The van der Waals surface area contributed by atoms with Crippen molar-refractivity contribution in [3.8, 4) is 0 Å². The lowest BCUT2D eigenvalue weighted by Crippen LogP contribution is -2.41. The van der Waals surface area contributed by atoms with E-state index in [-0.39, 0.29) is 10.7 Å². The summed E-state index contributed by atoms with van der Waals surface area (Å²) in [6, 6.07) is 7.08. The number of hydrogen-bond donors (Lipinski definition) is 2. The summed E-state index contributed by atoms with van der Waals surface area (Å²) in [6.45, 7) is 0.761. The summed E-state index contributed by atoms with van der Waals surface area (Å²) >= 11 is 1.90. The number of hydrogen-bond acceptors (Lipinski definition) is 3. The molecule has 0 spiro atoms. The van der Waals surface area contributed by atoms with Crippen molar-refractivity contribution in [3.63, 3.8) is 0 Å². The fraction of sp³-hybridized carbons (Fsp3) is 0.533. The molecule has 0 atom stereocenters. The predicted molar refractivity (Wildman–Crippen MR) is 82.5 cm³/mol. The summed E-state index contributed by atoms with van der Waals surface area (Å²) in [5.74, 6) is -0.000927.